The molecule has 94 valence electrons. The standard InChI is InChI=1S/C12H15F2NOS/c1-8(2)7-15-11(16)9-3-5-10(6-4-9)17-12(13)14/h3-6,8,12H,7H2,1-2H3,(H,15,16). The first-order valence-corrected chi connectivity index (χ1v) is 6.20. The predicted molar refractivity (Wildman–Crippen MR) is 65.5 cm³/mol. The van der Waals surface area contributed by atoms with E-state index < -0.39 is 5.76 Å². The van der Waals surface area contributed by atoms with E-state index in [1.807, 2.05) is 13.8 Å². The van der Waals surface area contributed by atoms with Crippen LogP contribution in [0.5, 0.6) is 0 Å². The molecule has 0 bridgehead atoms. The molecule has 1 aromatic rings. The van der Waals surface area contributed by atoms with E-state index in [0.717, 1.165) is 0 Å². The van der Waals surface area contributed by atoms with Gasteiger partial charge in [0.15, 0.2) is 0 Å². The van der Waals surface area contributed by atoms with Gasteiger partial charge in [-0.2, -0.15) is 8.78 Å². The van der Waals surface area contributed by atoms with E-state index in [2.05, 4.69) is 5.32 Å². The summed E-state index contributed by atoms with van der Waals surface area (Å²) in [5.74, 6) is -2.23. The Morgan fingerprint density at radius 2 is 1.88 bits per heavy atom. The van der Waals surface area contributed by atoms with Gasteiger partial charge in [-0.05, 0) is 30.2 Å². The Kier molecular flexibility index (Phi) is 5.41. The summed E-state index contributed by atoms with van der Waals surface area (Å²) in [6.45, 7) is 4.61. The maximum Gasteiger partial charge on any atom is 0.288 e. The van der Waals surface area contributed by atoms with Crippen molar-refractivity contribution in [3.63, 3.8) is 0 Å². The molecule has 0 aliphatic rings. The molecule has 0 heterocycles. The van der Waals surface area contributed by atoms with Crippen molar-refractivity contribution in [3.05, 3.63) is 29.8 Å². The Labute approximate surface area is 104 Å². The minimum absolute atomic E-state index is 0.174. The molecule has 0 saturated heterocycles. The maximum absolute atomic E-state index is 12.1. The molecule has 1 amide bonds. The summed E-state index contributed by atoms with van der Waals surface area (Å²) in [6, 6.07) is 6.17. The molecule has 0 aliphatic heterocycles. The number of alkyl halides is 2. The van der Waals surface area contributed by atoms with Crippen LogP contribution in [0, 0.1) is 5.92 Å². The predicted octanol–water partition coefficient (Wildman–Crippen LogP) is 3.39. The Hall–Kier alpha value is -1.10. The van der Waals surface area contributed by atoms with Gasteiger partial charge in [0, 0.05) is 17.0 Å². The van der Waals surface area contributed by atoms with E-state index in [-0.39, 0.29) is 5.91 Å². The molecule has 0 spiro atoms. The number of benzene rings is 1. The first-order chi connectivity index (χ1) is 7.99. The largest absolute Gasteiger partial charge is 0.352 e. The molecule has 1 rings (SSSR count). The number of rotatable bonds is 5. The van der Waals surface area contributed by atoms with E-state index in [1.165, 1.54) is 12.1 Å². The molecule has 0 fully saturated rings. The SMILES string of the molecule is CC(C)CNC(=O)c1ccc(SC(F)F)cc1. The van der Waals surface area contributed by atoms with Crippen molar-refractivity contribution in [3.8, 4) is 0 Å². The topological polar surface area (TPSA) is 29.1 Å². The first-order valence-electron chi connectivity index (χ1n) is 5.32. The zero-order valence-electron chi connectivity index (χ0n) is 9.74. The molecule has 0 aliphatic carbocycles. The van der Waals surface area contributed by atoms with Gasteiger partial charge in [0.1, 0.15) is 0 Å². The molecule has 0 aromatic heterocycles. The highest BCUT2D eigenvalue weighted by molar-refractivity contribution is 7.99. The molecule has 0 unspecified atom stereocenters. The van der Waals surface area contributed by atoms with Crippen LogP contribution in [-0.4, -0.2) is 18.2 Å². The zero-order chi connectivity index (χ0) is 12.8. The third kappa shape index (κ3) is 5.17. The highest BCUT2D eigenvalue weighted by atomic mass is 32.2. The molecule has 0 saturated carbocycles. The number of nitrogens with one attached hydrogen (secondary N) is 1. The van der Waals surface area contributed by atoms with E-state index in [0.29, 0.717) is 34.7 Å². The van der Waals surface area contributed by atoms with E-state index in [9.17, 15) is 13.6 Å². The number of amides is 1. The summed E-state index contributed by atoms with van der Waals surface area (Å²) in [4.78, 5) is 12.1. The van der Waals surface area contributed by atoms with Crippen molar-refractivity contribution in [1.29, 1.82) is 0 Å². The number of thioether (sulfide) groups is 1. The van der Waals surface area contributed by atoms with Gasteiger partial charge in [0.2, 0.25) is 0 Å². The molecule has 17 heavy (non-hydrogen) atoms. The van der Waals surface area contributed by atoms with Gasteiger partial charge in [0.05, 0.1) is 0 Å². The van der Waals surface area contributed by atoms with Crippen LogP contribution < -0.4 is 5.32 Å². The highest BCUT2D eigenvalue weighted by Crippen LogP contribution is 2.25. The third-order valence-corrected chi connectivity index (χ3v) is 2.74. The lowest BCUT2D eigenvalue weighted by Gasteiger charge is -2.08. The van der Waals surface area contributed by atoms with Gasteiger partial charge in [0.25, 0.3) is 11.7 Å². The van der Waals surface area contributed by atoms with Crippen molar-refractivity contribution in [2.24, 2.45) is 5.92 Å². The Morgan fingerprint density at radius 3 is 2.35 bits per heavy atom. The summed E-state index contributed by atoms with van der Waals surface area (Å²) in [5.41, 5.74) is 0.490. The van der Waals surface area contributed by atoms with Crippen LogP contribution in [0.2, 0.25) is 0 Å². The summed E-state index contributed by atoms with van der Waals surface area (Å²) in [6.07, 6.45) is 0. The Balaban J connectivity index is 2.57. The average molecular weight is 259 g/mol. The minimum atomic E-state index is -2.43. The van der Waals surface area contributed by atoms with Crippen molar-refractivity contribution < 1.29 is 13.6 Å². The zero-order valence-corrected chi connectivity index (χ0v) is 10.6. The normalized spacial score (nSPS) is 10.9. The Morgan fingerprint density at radius 1 is 1.29 bits per heavy atom. The van der Waals surface area contributed by atoms with Gasteiger partial charge in [-0.15, -0.1) is 0 Å². The molecular formula is C12H15F2NOS. The fraction of sp³-hybridized carbons (Fsp3) is 0.417. The molecular weight excluding hydrogens is 244 g/mol. The second-order valence-corrected chi connectivity index (χ2v) is 5.07. The molecule has 0 radical (unpaired) electrons. The molecule has 1 aromatic carbocycles. The molecule has 5 heteroatoms. The van der Waals surface area contributed by atoms with Crippen LogP contribution in [0.4, 0.5) is 8.78 Å². The minimum Gasteiger partial charge on any atom is -0.352 e. The monoisotopic (exact) mass is 259 g/mol. The summed E-state index contributed by atoms with van der Waals surface area (Å²) < 4.78 is 24.1. The van der Waals surface area contributed by atoms with Gasteiger partial charge in [-0.25, -0.2) is 0 Å². The number of carbonyl (C=O) groups excluding carboxylic acids is 1. The summed E-state index contributed by atoms with van der Waals surface area (Å²) in [5, 5.41) is 2.76. The second-order valence-electron chi connectivity index (χ2n) is 4.01. The quantitative estimate of drug-likeness (QED) is 0.821. The Bertz CT molecular complexity index is 365. The third-order valence-electron chi connectivity index (χ3n) is 2.01. The van der Waals surface area contributed by atoms with E-state index in [4.69, 9.17) is 0 Å². The number of halogens is 2. The molecule has 1 N–H and O–H groups in total. The van der Waals surface area contributed by atoms with Crippen molar-refractivity contribution in [2.75, 3.05) is 6.54 Å². The van der Waals surface area contributed by atoms with Crippen LogP contribution in [0.1, 0.15) is 24.2 Å². The smallest absolute Gasteiger partial charge is 0.288 e. The lowest BCUT2D eigenvalue weighted by molar-refractivity contribution is 0.0949. The lowest BCUT2D eigenvalue weighted by Crippen LogP contribution is -2.27. The van der Waals surface area contributed by atoms with Crippen LogP contribution >= 0.6 is 11.8 Å². The van der Waals surface area contributed by atoms with E-state index >= 15 is 0 Å². The van der Waals surface area contributed by atoms with E-state index in [1.54, 1.807) is 12.1 Å². The summed E-state index contributed by atoms with van der Waals surface area (Å²) >= 11 is 0.472. The maximum atomic E-state index is 12.1. The van der Waals surface area contributed by atoms with Gasteiger partial charge < -0.3 is 5.32 Å². The highest BCUT2D eigenvalue weighted by Gasteiger charge is 2.08. The summed E-state index contributed by atoms with van der Waals surface area (Å²) in [7, 11) is 0. The molecule has 0 atom stereocenters. The number of carbonyl (C=O) groups is 1. The first kappa shape index (κ1) is 14.0. The van der Waals surface area contributed by atoms with Gasteiger partial charge >= 0.3 is 0 Å². The van der Waals surface area contributed by atoms with Crippen LogP contribution in [-0.2, 0) is 0 Å². The van der Waals surface area contributed by atoms with Crippen molar-refractivity contribution in [2.45, 2.75) is 24.5 Å². The fourth-order valence-corrected chi connectivity index (χ4v) is 1.69. The average Bonchev–Trinajstić information content (AvgIpc) is 2.26. The van der Waals surface area contributed by atoms with Gasteiger partial charge in [-0.3, -0.25) is 4.79 Å². The van der Waals surface area contributed by atoms with Crippen molar-refractivity contribution in [1.82, 2.24) is 5.32 Å². The van der Waals surface area contributed by atoms with Crippen LogP contribution in [0.15, 0.2) is 29.2 Å². The number of hydrogen-bond acceptors (Lipinski definition) is 2. The van der Waals surface area contributed by atoms with Crippen LogP contribution in [0.25, 0.3) is 0 Å². The second kappa shape index (κ2) is 6.59. The van der Waals surface area contributed by atoms with Gasteiger partial charge in [-0.1, -0.05) is 25.6 Å². The van der Waals surface area contributed by atoms with Crippen molar-refractivity contribution >= 4 is 17.7 Å². The van der Waals surface area contributed by atoms with Crippen LogP contribution in [0.3, 0.4) is 0 Å². The lowest BCUT2D eigenvalue weighted by atomic mass is 10.2. The number of hydrogen-bond donors (Lipinski definition) is 1. The fourth-order valence-electron chi connectivity index (χ4n) is 1.19. The molecule has 2 nitrogen and oxygen atoms in total.